The topological polar surface area (TPSA) is 71.4 Å². The molecule has 0 radical (unpaired) electrons. The summed E-state index contributed by atoms with van der Waals surface area (Å²) in [6, 6.07) is 6.21. The van der Waals surface area contributed by atoms with Crippen LogP contribution in [0.1, 0.15) is 40.0 Å². The molecule has 3 N–H and O–H groups in total. The summed E-state index contributed by atoms with van der Waals surface area (Å²) < 4.78 is 23.5. The van der Waals surface area contributed by atoms with Crippen LogP contribution in [0.15, 0.2) is 24.3 Å². The van der Waals surface area contributed by atoms with E-state index in [0.29, 0.717) is 19.6 Å². The largest absolute Gasteiger partial charge is 4.00 e. The summed E-state index contributed by atoms with van der Waals surface area (Å²) in [6.07, 6.45) is 2.96. The minimum absolute atomic E-state index is 0. The summed E-state index contributed by atoms with van der Waals surface area (Å²) >= 11 is 0. The van der Waals surface area contributed by atoms with Crippen molar-refractivity contribution in [3.05, 3.63) is 41.5 Å². The Labute approximate surface area is 149 Å². The van der Waals surface area contributed by atoms with Crippen LogP contribution in [0.5, 0.6) is 0 Å². The van der Waals surface area contributed by atoms with E-state index in [1.54, 1.807) is 12.1 Å². The van der Waals surface area contributed by atoms with E-state index in [1.165, 1.54) is 12.1 Å². The van der Waals surface area contributed by atoms with E-state index in [9.17, 15) is 8.22 Å². The van der Waals surface area contributed by atoms with Gasteiger partial charge in [-0.2, -0.15) is 31.8 Å². The van der Waals surface area contributed by atoms with Gasteiger partial charge in [-0.05, 0) is 0 Å². The van der Waals surface area contributed by atoms with Crippen LogP contribution in [-0.2, 0) is 25.8 Å². The van der Waals surface area contributed by atoms with Crippen molar-refractivity contribution in [3.63, 3.8) is 0 Å². The van der Waals surface area contributed by atoms with Crippen molar-refractivity contribution in [3.8, 4) is 0 Å². The molecule has 0 amide bonds. The van der Waals surface area contributed by atoms with Crippen LogP contribution >= 0.6 is 0 Å². The van der Waals surface area contributed by atoms with E-state index in [-0.39, 0.29) is 31.0 Å². The van der Waals surface area contributed by atoms with Crippen LogP contribution in [0.3, 0.4) is 0 Å². The third kappa shape index (κ3) is 33.2. The molecule has 7 heteroatoms. The molecular formula is C14H29F2HfN3Si. The molecule has 0 atom stereocenters. The summed E-state index contributed by atoms with van der Waals surface area (Å²) in [4.78, 5) is 0. The molecule has 1 aromatic rings. The molecule has 0 aliphatic rings. The molecule has 1 rings (SSSR count). The standard InChI is InChI=1S/C5H5F2Si.3C3H8N.Hf/c6-8(7)5-3-1-2-4-5;3*1-2-3-4;/h1-4,8H;3*4H,2-3H2,1H3;/q4*-1;+4. The predicted molar refractivity (Wildman–Crippen MR) is 89.5 cm³/mol. The molecule has 21 heavy (non-hydrogen) atoms. The SMILES string of the molecule is CCC[NH-].CCC[NH-].CCC[NH-].F[SiH](F)[c-]1cccc1.[Hf+4]. The third-order valence-electron chi connectivity index (χ3n) is 1.69. The van der Waals surface area contributed by atoms with Crippen LogP contribution in [0.4, 0.5) is 8.22 Å². The Bertz CT molecular complexity index is 223. The molecule has 3 nitrogen and oxygen atoms in total. The van der Waals surface area contributed by atoms with E-state index in [2.05, 4.69) is 0 Å². The molecule has 0 spiro atoms. The van der Waals surface area contributed by atoms with E-state index >= 15 is 0 Å². The fourth-order valence-corrected chi connectivity index (χ4v) is 1.05. The minimum Gasteiger partial charge on any atom is -0.677 e. The van der Waals surface area contributed by atoms with Gasteiger partial charge < -0.3 is 17.2 Å². The molecular weight excluding hydrogens is 455 g/mol. The molecule has 0 aromatic heterocycles. The number of nitrogens with one attached hydrogen (secondary N) is 3. The molecule has 0 heterocycles. The molecule has 1 aromatic carbocycles. The minimum atomic E-state index is -3.48. The number of hydrogen-bond acceptors (Lipinski definition) is 0. The summed E-state index contributed by atoms with van der Waals surface area (Å²) in [7, 11) is -3.48. The quantitative estimate of drug-likeness (QED) is 0.324. The van der Waals surface area contributed by atoms with Gasteiger partial charge in [-0.1, -0.05) is 40.0 Å². The maximum atomic E-state index is 11.7. The van der Waals surface area contributed by atoms with E-state index in [4.69, 9.17) is 17.2 Å². The van der Waals surface area contributed by atoms with Crippen molar-refractivity contribution >= 4 is 14.7 Å². The molecule has 0 fully saturated rings. The fraction of sp³-hybridized carbons (Fsp3) is 0.643. The number of rotatable bonds is 4. The monoisotopic (exact) mass is 485 g/mol. The molecule has 122 valence electrons. The Morgan fingerprint density at radius 3 is 1.14 bits per heavy atom. The zero-order chi connectivity index (χ0) is 16.2. The average Bonchev–Trinajstić information content (AvgIpc) is 3.02. The molecule has 0 saturated carbocycles. The van der Waals surface area contributed by atoms with Gasteiger partial charge >= 0.3 is 35.3 Å². The maximum absolute atomic E-state index is 11.7. The van der Waals surface area contributed by atoms with Crippen molar-refractivity contribution in [1.29, 1.82) is 0 Å². The van der Waals surface area contributed by atoms with Crippen LogP contribution < -0.4 is 5.19 Å². The second-order valence-electron chi connectivity index (χ2n) is 3.77. The maximum Gasteiger partial charge on any atom is 4.00 e. The summed E-state index contributed by atoms with van der Waals surface area (Å²) in [5.41, 5.74) is 19.4. The van der Waals surface area contributed by atoms with Crippen molar-refractivity contribution in [2.24, 2.45) is 0 Å². The summed E-state index contributed by atoms with van der Waals surface area (Å²) in [5, 5.41) is 0.241. The Morgan fingerprint density at radius 1 is 0.810 bits per heavy atom. The van der Waals surface area contributed by atoms with Crippen LogP contribution in [-0.4, -0.2) is 29.1 Å². The molecule has 0 saturated heterocycles. The van der Waals surface area contributed by atoms with Gasteiger partial charge in [-0.25, -0.2) is 12.1 Å². The smallest absolute Gasteiger partial charge is 0.677 e. The van der Waals surface area contributed by atoms with Gasteiger partial charge in [0.05, 0.1) is 0 Å². The first-order valence-corrected chi connectivity index (χ1v) is 8.43. The fourth-order valence-electron chi connectivity index (χ4n) is 0.534. The van der Waals surface area contributed by atoms with Crippen molar-refractivity contribution < 1.29 is 34.1 Å². The first-order valence-electron chi connectivity index (χ1n) is 6.98. The van der Waals surface area contributed by atoms with Gasteiger partial charge in [0.2, 0.25) is 0 Å². The van der Waals surface area contributed by atoms with Gasteiger partial charge in [0.15, 0.2) is 0 Å². The van der Waals surface area contributed by atoms with E-state index in [0.717, 1.165) is 19.3 Å². The predicted octanol–water partition coefficient (Wildman–Crippen LogP) is 5.12. The van der Waals surface area contributed by atoms with Crippen molar-refractivity contribution in [2.75, 3.05) is 19.6 Å². The van der Waals surface area contributed by atoms with Gasteiger partial charge in [-0.15, -0.1) is 5.19 Å². The normalized spacial score (nSPS) is 8.24. The zero-order valence-electron chi connectivity index (χ0n) is 13.4. The van der Waals surface area contributed by atoms with Crippen LogP contribution in [0.25, 0.3) is 17.2 Å². The average molecular weight is 484 g/mol. The van der Waals surface area contributed by atoms with Crippen LogP contribution in [0, 0.1) is 0 Å². The Kier molecular flexibility index (Phi) is 39.5. The summed E-state index contributed by atoms with van der Waals surface area (Å²) in [6.45, 7) is 7.69. The Hall–Kier alpha value is 0.177. The van der Waals surface area contributed by atoms with Crippen molar-refractivity contribution in [2.45, 2.75) is 40.0 Å². The van der Waals surface area contributed by atoms with Crippen LogP contribution in [0.2, 0.25) is 0 Å². The molecule has 0 aliphatic heterocycles. The molecule has 0 aliphatic carbocycles. The summed E-state index contributed by atoms with van der Waals surface area (Å²) in [5.74, 6) is 0. The van der Waals surface area contributed by atoms with E-state index < -0.39 is 9.46 Å². The van der Waals surface area contributed by atoms with Gasteiger partial charge in [-0.3, -0.25) is 8.22 Å². The molecule has 0 unspecified atom stereocenters. The first-order chi connectivity index (χ1) is 9.55. The van der Waals surface area contributed by atoms with Gasteiger partial charge in [0, 0.05) is 0 Å². The number of hydrogen-bond donors (Lipinski definition) is 0. The van der Waals surface area contributed by atoms with Gasteiger partial charge in [0.1, 0.15) is 0 Å². The Morgan fingerprint density at radius 2 is 1.05 bits per heavy atom. The van der Waals surface area contributed by atoms with E-state index in [1.807, 2.05) is 20.8 Å². The second kappa shape index (κ2) is 28.4. The third-order valence-corrected chi connectivity index (χ3v) is 2.58. The Balaban J connectivity index is -0.0000000973. The van der Waals surface area contributed by atoms with Gasteiger partial charge in [0.25, 0.3) is 0 Å². The zero-order valence-corrected chi connectivity index (χ0v) is 18.1. The second-order valence-corrected chi connectivity index (χ2v) is 5.04. The first kappa shape index (κ1) is 29.2. The number of halogens is 2. The van der Waals surface area contributed by atoms with Crippen molar-refractivity contribution in [1.82, 2.24) is 0 Å². The molecule has 0 bridgehead atoms.